The van der Waals surface area contributed by atoms with Crippen LogP contribution < -0.4 is 4.74 Å². The number of hydrogen-bond donors (Lipinski definition) is 2. The summed E-state index contributed by atoms with van der Waals surface area (Å²) in [7, 11) is 1.50. The van der Waals surface area contributed by atoms with E-state index in [1.54, 1.807) is 18.2 Å². The second kappa shape index (κ2) is 6.61. The average Bonchev–Trinajstić information content (AvgIpc) is 2.35. The molecule has 1 rings (SSSR count). The molecule has 1 aromatic carbocycles. The normalized spacial score (nSPS) is 12.2. The van der Waals surface area contributed by atoms with Crippen molar-refractivity contribution in [1.82, 2.24) is 0 Å². The molecule has 0 aromatic heterocycles. The van der Waals surface area contributed by atoms with E-state index in [0.29, 0.717) is 11.3 Å². The molecule has 0 saturated heterocycles. The number of aliphatic hydroxyl groups excluding tert-OH is 1. The highest BCUT2D eigenvalue weighted by Gasteiger charge is 2.19. The van der Waals surface area contributed by atoms with Crippen LogP contribution in [-0.2, 0) is 11.2 Å². The van der Waals surface area contributed by atoms with E-state index in [4.69, 9.17) is 9.84 Å². The van der Waals surface area contributed by atoms with Gasteiger partial charge in [-0.05, 0) is 36.1 Å². The van der Waals surface area contributed by atoms with Crippen molar-refractivity contribution >= 4 is 21.9 Å². The number of alkyl halides is 1. The van der Waals surface area contributed by atoms with Crippen molar-refractivity contribution in [2.45, 2.75) is 18.9 Å². The molecule has 0 aliphatic rings. The van der Waals surface area contributed by atoms with Crippen LogP contribution in [0.25, 0.3) is 0 Å². The van der Waals surface area contributed by atoms with Crippen molar-refractivity contribution in [3.8, 4) is 5.75 Å². The van der Waals surface area contributed by atoms with Gasteiger partial charge in [0, 0.05) is 5.33 Å². The lowest BCUT2D eigenvalue weighted by molar-refractivity contribution is -0.147. The van der Waals surface area contributed by atoms with E-state index in [0.717, 1.165) is 23.7 Å². The molecule has 0 aliphatic carbocycles. The van der Waals surface area contributed by atoms with Crippen LogP contribution in [0, 0.1) is 0 Å². The van der Waals surface area contributed by atoms with Crippen LogP contribution in [0.2, 0.25) is 0 Å². The Balaban J connectivity index is 3.06. The maximum Gasteiger partial charge on any atom is 0.337 e. The van der Waals surface area contributed by atoms with Crippen LogP contribution in [-0.4, -0.2) is 28.6 Å². The van der Waals surface area contributed by atoms with Gasteiger partial charge < -0.3 is 14.9 Å². The topological polar surface area (TPSA) is 66.8 Å². The van der Waals surface area contributed by atoms with Crippen molar-refractivity contribution in [2.24, 2.45) is 0 Å². The third-order valence-electron chi connectivity index (χ3n) is 2.46. The molecule has 0 amide bonds. The summed E-state index contributed by atoms with van der Waals surface area (Å²) >= 11 is 3.32. The number of carboxylic acids is 1. The number of aryl methyl sites for hydroxylation is 1. The van der Waals surface area contributed by atoms with E-state index in [-0.39, 0.29) is 0 Å². The van der Waals surface area contributed by atoms with E-state index in [2.05, 4.69) is 15.9 Å². The lowest BCUT2D eigenvalue weighted by Crippen LogP contribution is -2.13. The molecule has 1 atom stereocenters. The first kappa shape index (κ1) is 14.0. The van der Waals surface area contributed by atoms with Gasteiger partial charge in [-0.1, -0.05) is 22.0 Å². The summed E-state index contributed by atoms with van der Waals surface area (Å²) < 4.78 is 5.03. The van der Waals surface area contributed by atoms with Crippen LogP contribution in [0.1, 0.15) is 23.7 Å². The molecule has 5 heteroatoms. The van der Waals surface area contributed by atoms with Gasteiger partial charge in [-0.25, -0.2) is 4.79 Å². The standard InChI is InChI=1S/C12H15BrO4/c1-17-9-5-4-8(3-2-6-13)10(7-9)11(14)12(15)16/h4-5,7,11,14H,2-3,6H2,1H3,(H,15,16). The molecule has 0 heterocycles. The quantitative estimate of drug-likeness (QED) is 0.790. The van der Waals surface area contributed by atoms with Crippen molar-refractivity contribution in [3.05, 3.63) is 29.3 Å². The first-order valence-electron chi connectivity index (χ1n) is 5.23. The Labute approximate surface area is 108 Å². The first-order chi connectivity index (χ1) is 8.10. The summed E-state index contributed by atoms with van der Waals surface area (Å²) in [4.78, 5) is 10.8. The molecule has 0 aliphatic heterocycles. The Bertz CT molecular complexity index is 392. The minimum atomic E-state index is -1.50. The molecular formula is C12H15BrO4. The van der Waals surface area contributed by atoms with Crippen molar-refractivity contribution in [2.75, 3.05) is 12.4 Å². The van der Waals surface area contributed by atoms with Crippen molar-refractivity contribution in [1.29, 1.82) is 0 Å². The Morgan fingerprint density at radius 3 is 2.76 bits per heavy atom. The number of aliphatic carboxylic acids is 1. The van der Waals surface area contributed by atoms with Gasteiger partial charge in [-0.15, -0.1) is 0 Å². The number of aliphatic hydroxyl groups is 1. The van der Waals surface area contributed by atoms with Crippen LogP contribution in [0.3, 0.4) is 0 Å². The molecule has 17 heavy (non-hydrogen) atoms. The number of hydrogen-bond acceptors (Lipinski definition) is 3. The monoisotopic (exact) mass is 302 g/mol. The highest BCUT2D eigenvalue weighted by atomic mass is 79.9. The third kappa shape index (κ3) is 3.71. The summed E-state index contributed by atoms with van der Waals surface area (Å²) in [6.07, 6.45) is 0.0936. The second-order valence-electron chi connectivity index (χ2n) is 3.60. The van der Waals surface area contributed by atoms with Crippen molar-refractivity contribution < 1.29 is 19.7 Å². The second-order valence-corrected chi connectivity index (χ2v) is 4.39. The van der Waals surface area contributed by atoms with Crippen LogP contribution in [0.4, 0.5) is 0 Å². The fourth-order valence-electron chi connectivity index (χ4n) is 1.57. The maximum absolute atomic E-state index is 10.8. The van der Waals surface area contributed by atoms with Gasteiger partial charge in [0.15, 0.2) is 6.10 Å². The molecule has 4 nitrogen and oxygen atoms in total. The maximum atomic E-state index is 10.8. The number of benzene rings is 1. The van der Waals surface area contributed by atoms with E-state index >= 15 is 0 Å². The fourth-order valence-corrected chi connectivity index (χ4v) is 1.85. The van der Waals surface area contributed by atoms with Crippen LogP contribution >= 0.6 is 15.9 Å². The highest BCUT2D eigenvalue weighted by molar-refractivity contribution is 9.09. The van der Waals surface area contributed by atoms with Gasteiger partial charge in [-0.2, -0.15) is 0 Å². The zero-order valence-electron chi connectivity index (χ0n) is 9.52. The highest BCUT2D eigenvalue weighted by Crippen LogP contribution is 2.25. The van der Waals surface area contributed by atoms with Crippen LogP contribution in [0.5, 0.6) is 5.75 Å². The van der Waals surface area contributed by atoms with Gasteiger partial charge in [-0.3, -0.25) is 0 Å². The minimum Gasteiger partial charge on any atom is -0.497 e. The predicted octanol–water partition coefficient (Wildman–Crippen LogP) is 2.14. The molecule has 2 N–H and O–H groups in total. The smallest absolute Gasteiger partial charge is 0.337 e. The van der Waals surface area contributed by atoms with Crippen LogP contribution in [0.15, 0.2) is 18.2 Å². The minimum absolute atomic E-state index is 0.401. The molecule has 0 fully saturated rings. The number of rotatable bonds is 6. The molecule has 94 valence electrons. The zero-order valence-corrected chi connectivity index (χ0v) is 11.1. The molecule has 0 spiro atoms. The van der Waals surface area contributed by atoms with Gasteiger partial charge in [0.2, 0.25) is 0 Å². The van der Waals surface area contributed by atoms with Gasteiger partial charge in [0.1, 0.15) is 5.75 Å². The summed E-state index contributed by atoms with van der Waals surface area (Å²) in [6.45, 7) is 0. The number of methoxy groups -OCH3 is 1. The molecule has 0 radical (unpaired) electrons. The summed E-state index contributed by atoms with van der Waals surface area (Å²) in [5, 5.41) is 19.3. The lowest BCUT2D eigenvalue weighted by Gasteiger charge is -2.13. The number of ether oxygens (including phenoxy) is 1. The summed E-state index contributed by atoms with van der Waals surface area (Å²) in [5.74, 6) is -0.707. The predicted molar refractivity (Wildman–Crippen MR) is 67.7 cm³/mol. The Morgan fingerprint density at radius 1 is 1.53 bits per heavy atom. The Kier molecular flexibility index (Phi) is 5.44. The third-order valence-corrected chi connectivity index (χ3v) is 3.02. The van der Waals surface area contributed by atoms with E-state index < -0.39 is 12.1 Å². The largest absolute Gasteiger partial charge is 0.497 e. The molecule has 1 aromatic rings. The van der Waals surface area contributed by atoms with E-state index in [1.165, 1.54) is 7.11 Å². The average molecular weight is 303 g/mol. The lowest BCUT2D eigenvalue weighted by atomic mass is 9.98. The molecule has 0 bridgehead atoms. The molecular weight excluding hydrogens is 288 g/mol. The summed E-state index contributed by atoms with van der Waals surface area (Å²) in [5.41, 5.74) is 1.23. The summed E-state index contributed by atoms with van der Waals surface area (Å²) in [6, 6.07) is 5.13. The fraction of sp³-hybridized carbons (Fsp3) is 0.417. The Morgan fingerprint density at radius 2 is 2.24 bits per heavy atom. The van der Waals surface area contributed by atoms with E-state index in [9.17, 15) is 9.90 Å². The van der Waals surface area contributed by atoms with Crippen molar-refractivity contribution in [3.63, 3.8) is 0 Å². The number of halogens is 1. The van der Waals surface area contributed by atoms with E-state index in [1.807, 2.05) is 0 Å². The van der Waals surface area contributed by atoms with Gasteiger partial charge in [0.05, 0.1) is 7.11 Å². The SMILES string of the molecule is COc1ccc(CCCBr)c(C(O)C(=O)O)c1. The Hall–Kier alpha value is -1.07. The number of carboxylic acid groups (broad SMARTS) is 1. The first-order valence-corrected chi connectivity index (χ1v) is 6.36. The van der Waals surface area contributed by atoms with Gasteiger partial charge >= 0.3 is 5.97 Å². The number of carbonyl (C=O) groups is 1. The molecule has 0 saturated carbocycles. The molecule has 1 unspecified atom stereocenters. The zero-order chi connectivity index (χ0) is 12.8. The van der Waals surface area contributed by atoms with Gasteiger partial charge in [0.25, 0.3) is 0 Å².